The fraction of sp³-hybridized carbons (Fsp3) is 0.294. The lowest BCUT2D eigenvalue weighted by Crippen LogP contribution is -2.49. The molecular formula is C17H15IN4O4. The van der Waals surface area contributed by atoms with Gasteiger partial charge in [0.15, 0.2) is 5.69 Å². The number of aliphatic hydroxyl groups excluding tert-OH is 1. The monoisotopic (exact) mass is 466 g/mol. The first-order valence-corrected chi connectivity index (χ1v) is 8.87. The van der Waals surface area contributed by atoms with Gasteiger partial charge >= 0.3 is 5.97 Å². The SMILES string of the molecule is [C-]#[N+]c1ccc(CC(=O)N2Cc3c(C(=O)O)c(I)nn3CC2CO)cc1. The lowest BCUT2D eigenvalue weighted by Gasteiger charge is -2.35. The van der Waals surface area contributed by atoms with Gasteiger partial charge in [-0.15, -0.1) is 0 Å². The lowest BCUT2D eigenvalue weighted by molar-refractivity contribution is -0.136. The zero-order valence-corrected chi connectivity index (χ0v) is 15.8. The van der Waals surface area contributed by atoms with E-state index in [1.807, 2.05) is 22.6 Å². The number of aliphatic hydroxyl groups is 1. The quantitative estimate of drug-likeness (QED) is 0.528. The molecule has 2 aromatic rings. The van der Waals surface area contributed by atoms with E-state index in [2.05, 4.69) is 9.94 Å². The van der Waals surface area contributed by atoms with Crippen molar-refractivity contribution < 1.29 is 19.8 Å². The number of carbonyl (C=O) groups excluding carboxylic acids is 1. The van der Waals surface area contributed by atoms with Crippen LogP contribution in [0.15, 0.2) is 24.3 Å². The fourth-order valence-electron chi connectivity index (χ4n) is 2.99. The Morgan fingerprint density at radius 3 is 2.62 bits per heavy atom. The van der Waals surface area contributed by atoms with Gasteiger partial charge in [-0.1, -0.05) is 24.3 Å². The average molecular weight is 466 g/mol. The van der Waals surface area contributed by atoms with Crippen molar-refractivity contribution in [3.05, 3.63) is 56.2 Å². The standard InChI is InChI=1S/C17H15IN4O4/c1-19-11-4-2-10(3-5-11)6-14(24)21-8-13-15(17(25)26)16(18)20-22(13)7-12(21)9-23/h2-5,12,23H,6-9H2,(H,25,26). The predicted molar refractivity (Wildman–Crippen MR) is 99.7 cm³/mol. The molecule has 26 heavy (non-hydrogen) atoms. The van der Waals surface area contributed by atoms with E-state index in [4.69, 9.17) is 6.57 Å². The Balaban J connectivity index is 1.85. The van der Waals surface area contributed by atoms with E-state index in [0.29, 0.717) is 15.1 Å². The van der Waals surface area contributed by atoms with Crippen molar-refractivity contribution in [2.24, 2.45) is 0 Å². The number of hydrogen-bond acceptors (Lipinski definition) is 4. The third-order valence-corrected chi connectivity index (χ3v) is 5.08. The largest absolute Gasteiger partial charge is 0.478 e. The third kappa shape index (κ3) is 3.42. The summed E-state index contributed by atoms with van der Waals surface area (Å²) in [5.74, 6) is -1.29. The maximum atomic E-state index is 12.8. The maximum Gasteiger partial charge on any atom is 0.340 e. The number of carbonyl (C=O) groups is 2. The molecule has 1 aliphatic rings. The second kappa shape index (κ2) is 7.43. The molecule has 2 N–H and O–H groups in total. The second-order valence-electron chi connectivity index (χ2n) is 5.91. The minimum atomic E-state index is -1.08. The Bertz CT molecular complexity index is 901. The Kier molecular flexibility index (Phi) is 5.24. The molecule has 1 atom stereocenters. The molecule has 0 fully saturated rings. The molecule has 1 aromatic carbocycles. The Morgan fingerprint density at radius 1 is 1.35 bits per heavy atom. The van der Waals surface area contributed by atoms with Crippen LogP contribution in [0, 0.1) is 10.3 Å². The van der Waals surface area contributed by atoms with Gasteiger partial charge in [-0.25, -0.2) is 9.64 Å². The molecule has 0 aliphatic carbocycles. The van der Waals surface area contributed by atoms with Crippen LogP contribution in [0.25, 0.3) is 4.85 Å². The molecule has 1 aliphatic heterocycles. The normalized spacial score (nSPS) is 16.0. The first-order valence-electron chi connectivity index (χ1n) is 7.79. The number of halogens is 1. The molecule has 9 heteroatoms. The van der Waals surface area contributed by atoms with E-state index in [9.17, 15) is 19.8 Å². The van der Waals surface area contributed by atoms with Crippen LogP contribution < -0.4 is 0 Å². The van der Waals surface area contributed by atoms with Gasteiger partial charge in [0.1, 0.15) is 9.26 Å². The van der Waals surface area contributed by atoms with Gasteiger partial charge in [0.2, 0.25) is 5.91 Å². The summed E-state index contributed by atoms with van der Waals surface area (Å²) in [7, 11) is 0. The Labute approximate surface area is 163 Å². The molecule has 134 valence electrons. The van der Waals surface area contributed by atoms with E-state index in [1.165, 1.54) is 4.90 Å². The van der Waals surface area contributed by atoms with Crippen LogP contribution in [0.1, 0.15) is 21.6 Å². The number of fused-ring (bicyclic) bond motifs is 1. The summed E-state index contributed by atoms with van der Waals surface area (Å²) in [5.41, 5.74) is 1.81. The van der Waals surface area contributed by atoms with Gasteiger partial charge < -0.3 is 15.1 Å². The highest BCUT2D eigenvalue weighted by Crippen LogP contribution is 2.25. The molecule has 0 bridgehead atoms. The van der Waals surface area contributed by atoms with Crippen molar-refractivity contribution >= 4 is 40.2 Å². The molecule has 0 spiro atoms. The van der Waals surface area contributed by atoms with Crippen LogP contribution in [0.4, 0.5) is 5.69 Å². The highest BCUT2D eigenvalue weighted by molar-refractivity contribution is 14.1. The fourth-order valence-corrected chi connectivity index (χ4v) is 3.79. The minimum Gasteiger partial charge on any atom is -0.478 e. The van der Waals surface area contributed by atoms with E-state index in [-0.39, 0.29) is 37.6 Å². The Hall–Kier alpha value is -2.45. The van der Waals surface area contributed by atoms with Crippen molar-refractivity contribution in [3.63, 3.8) is 0 Å². The van der Waals surface area contributed by atoms with Gasteiger partial charge in [0.05, 0.1) is 44.4 Å². The van der Waals surface area contributed by atoms with Crippen LogP contribution >= 0.6 is 22.6 Å². The van der Waals surface area contributed by atoms with Crippen molar-refractivity contribution in [1.29, 1.82) is 0 Å². The summed E-state index contributed by atoms with van der Waals surface area (Å²) in [6.45, 7) is 7.06. The summed E-state index contributed by atoms with van der Waals surface area (Å²) < 4.78 is 1.92. The average Bonchev–Trinajstić information content (AvgIpc) is 2.95. The van der Waals surface area contributed by atoms with Crippen LogP contribution in [0.5, 0.6) is 0 Å². The number of amides is 1. The highest BCUT2D eigenvalue weighted by Gasteiger charge is 2.34. The summed E-state index contributed by atoms with van der Waals surface area (Å²) >= 11 is 1.86. The number of carboxylic acid groups (broad SMARTS) is 1. The molecule has 0 saturated heterocycles. The molecule has 1 aromatic heterocycles. The number of aromatic carboxylic acids is 1. The van der Waals surface area contributed by atoms with Gasteiger partial charge in [0, 0.05) is 0 Å². The van der Waals surface area contributed by atoms with Crippen LogP contribution in [0.2, 0.25) is 0 Å². The van der Waals surface area contributed by atoms with E-state index >= 15 is 0 Å². The highest BCUT2D eigenvalue weighted by atomic mass is 127. The zero-order valence-electron chi connectivity index (χ0n) is 13.6. The summed E-state index contributed by atoms with van der Waals surface area (Å²) in [4.78, 5) is 29.1. The van der Waals surface area contributed by atoms with Crippen LogP contribution in [-0.4, -0.2) is 49.4 Å². The molecule has 3 rings (SSSR count). The zero-order chi connectivity index (χ0) is 18.8. The molecular weight excluding hydrogens is 451 g/mol. The van der Waals surface area contributed by atoms with E-state index < -0.39 is 12.0 Å². The minimum absolute atomic E-state index is 0.0852. The van der Waals surface area contributed by atoms with Crippen LogP contribution in [-0.2, 0) is 24.3 Å². The number of rotatable bonds is 4. The predicted octanol–water partition coefficient (Wildman–Crippen LogP) is 1.68. The van der Waals surface area contributed by atoms with Crippen molar-refractivity contribution in [1.82, 2.24) is 14.7 Å². The number of hydrogen-bond donors (Lipinski definition) is 2. The summed E-state index contributed by atoms with van der Waals surface area (Å²) in [6, 6.07) is 6.28. The molecule has 2 heterocycles. The van der Waals surface area contributed by atoms with Crippen LogP contribution in [0.3, 0.4) is 0 Å². The Morgan fingerprint density at radius 2 is 2.04 bits per heavy atom. The summed E-state index contributed by atoms with van der Waals surface area (Å²) in [5, 5.41) is 23.3. The third-order valence-electron chi connectivity index (χ3n) is 4.33. The smallest absolute Gasteiger partial charge is 0.340 e. The van der Waals surface area contributed by atoms with Gasteiger partial charge in [0.25, 0.3) is 0 Å². The van der Waals surface area contributed by atoms with Crippen molar-refractivity contribution in [3.8, 4) is 0 Å². The summed E-state index contributed by atoms with van der Waals surface area (Å²) in [6.07, 6.45) is 0.114. The maximum absolute atomic E-state index is 12.8. The van der Waals surface area contributed by atoms with Gasteiger partial charge in [-0.05, 0) is 28.2 Å². The van der Waals surface area contributed by atoms with Crippen molar-refractivity contribution in [2.75, 3.05) is 6.61 Å². The van der Waals surface area contributed by atoms with E-state index in [1.54, 1.807) is 28.9 Å². The topological polar surface area (TPSA) is 100 Å². The van der Waals surface area contributed by atoms with Gasteiger partial charge in [-0.2, -0.15) is 5.10 Å². The number of carboxylic acids is 1. The van der Waals surface area contributed by atoms with Crippen molar-refractivity contribution in [2.45, 2.75) is 25.6 Å². The number of aromatic nitrogens is 2. The first-order chi connectivity index (χ1) is 12.4. The lowest BCUT2D eigenvalue weighted by atomic mass is 10.1. The molecule has 0 saturated carbocycles. The van der Waals surface area contributed by atoms with Gasteiger partial charge in [-0.3, -0.25) is 9.48 Å². The number of nitrogens with zero attached hydrogens (tertiary/aromatic N) is 4. The second-order valence-corrected chi connectivity index (χ2v) is 6.93. The molecule has 8 nitrogen and oxygen atoms in total. The van der Waals surface area contributed by atoms with E-state index in [0.717, 1.165) is 5.56 Å². The number of benzene rings is 1. The molecule has 1 amide bonds. The molecule has 1 unspecified atom stereocenters. The molecule has 0 radical (unpaired) electrons. The first kappa shape index (κ1) is 18.3.